The van der Waals surface area contributed by atoms with Crippen LogP contribution in [0.2, 0.25) is 0 Å². The van der Waals surface area contributed by atoms with Gasteiger partial charge >= 0.3 is 5.69 Å². The van der Waals surface area contributed by atoms with Crippen molar-refractivity contribution >= 4 is 15.7 Å². The molecule has 2 unspecified atom stereocenters. The van der Waals surface area contributed by atoms with E-state index >= 15 is 0 Å². The molecule has 1 N–H and O–H groups in total. The minimum absolute atomic E-state index is 0.151. The molecule has 1 aromatic carbocycles. The Balaban J connectivity index is 2.29. The van der Waals surface area contributed by atoms with Crippen molar-refractivity contribution in [3.63, 3.8) is 0 Å². The number of sulfonamides is 1. The first-order valence-corrected chi connectivity index (χ1v) is 7.79. The smallest absolute Gasteiger partial charge is 0.304 e. The van der Waals surface area contributed by atoms with E-state index in [1.807, 2.05) is 0 Å². The van der Waals surface area contributed by atoms with Gasteiger partial charge in [0.25, 0.3) is 0 Å². The van der Waals surface area contributed by atoms with Crippen LogP contribution in [0.15, 0.2) is 23.1 Å². The number of aliphatic hydroxyl groups is 1. The molecule has 1 fully saturated rings. The molecule has 1 heterocycles. The van der Waals surface area contributed by atoms with Crippen molar-refractivity contribution in [2.24, 2.45) is 5.92 Å². The van der Waals surface area contributed by atoms with Crippen LogP contribution in [0.1, 0.15) is 13.3 Å². The standard InChI is InChI=1S/C12H15FN2O5S/c1-8(16)9-4-5-14(7-9)21(19,20)10-2-3-12(15(17)18)11(13)6-10/h2-3,6,8-9,16H,4-5,7H2,1H3. The van der Waals surface area contributed by atoms with E-state index in [4.69, 9.17) is 0 Å². The van der Waals surface area contributed by atoms with E-state index in [2.05, 4.69) is 0 Å². The van der Waals surface area contributed by atoms with E-state index in [1.165, 1.54) is 0 Å². The number of aliphatic hydroxyl groups excluding tert-OH is 1. The predicted molar refractivity (Wildman–Crippen MR) is 71.6 cm³/mol. The fraction of sp³-hybridized carbons (Fsp3) is 0.500. The zero-order chi connectivity index (χ0) is 15.8. The average molecular weight is 318 g/mol. The summed E-state index contributed by atoms with van der Waals surface area (Å²) in [6.45, 7) is 1.97. The second kappa shape index (κ2) is 5.66. The summed E-state index contributed by atoms with van der Waals surface area (Å²) in [4.78, 5) is 9.30. The molecule has 0 aromatic heterocycles. The lowest BCUT2D eigenvalue weighted by atomic mass is 10.0. The minimum Gasteiger partial charge on any atom is -0.393 e. The van der Waals surface area contributed by atoms with Crippen LogP contribution in [-0.2, 0) is 10.0 Å². The van der Waals surface area contributed by atoms with E-state index in [9.17, 15) is 28.0 Å². The lowest BCUT2D eigenvalue weighted by Crippen LogP contribution is -2.30. The third kappa shape index (κ3) is 3.04. The van der Waals surface area contributed by atoms with Gasteiger partial charge in [-0.25, -0.2) is 8.42 Å². The maximum atomic E-state index is 13.6. The number of nitro groups is 1. The SMILES string of the molecule is CC(O)C1CCN(S(=O)(=O)c2ccc([N+](=O)[O-])c(F)c2)C1. The average Bonchev–Trinajstić information content (AvgIpc) is 2.88. The lowest BCUT2D eigenvalue weighted by molar-refractivity contribution is -0.387. The summed E-state index contributed by atoms with van der Waals surface area (Å²) in [7, 11) is -3.91. The normalized spacial score (nSPS) is 21.4. The van der Waals surface area contributed by atoms with Crippen molar-refractivity contribution in [2.75, 3.05) is 13.1 Å². The third-order valence-electron chi connectivity index (χ3n) is 3.62. The summed E-state index contributed by atoms with van der Waals surface area (Å²) in [5.74, 6) is -1.35. The Labute approximate surface area is 121 Å². The Hall–Kier alpha value is -1.58. The number of halogens is 1. The van der Waals surface area contributed by atoms with Gasteiger partial charge in [-0.05, 0) is 25.3 Å². The first-order valence-electron chi connectivity index (χ1n) is 6.35. The van der Waals surface area contributed by atoms with Gasteiger partial charge in [-0.2, -0.15) is 8.70 Å². The van der Waals surface area contributed by atoms with E-state index in [-0.39, 0.29) is 23.9 Å². The van der Waals surface area contributed by atoms with Crippen LogP contribution in [0.3, 0.4) is 0 Å². The second-order valence-corrected chi connectivity index (χ2v) is 6.96. The third-order valence-corrected chi connectivity index (χ3v) is 5.48. The zero-order valence-electron chi connectivity index (χ0n) is 11.3. The van der Waals surface area contributed by atoms with Gasteiger partial charge in [0.05, 0.1) is 15.9 Å². The maximum Gasteiger partial charge on any atom is 0.304 e. The first kappa shape index (κ1) is 15.8. The Bertz CT molecular complexity index is 662. The molecular weight excluding hydrogens is 303 g/mol. The predicted octanol–water partition coefficient (Wildman–Crippen LogP) is 1.13. The van der Waals surface area contributed by atoms with Gasteiger partial charge in [0, 0.05) is 25.2 Å². The molecule has 1 aliphatic heterocycles. The van der Waals surface area contributed by atoms with E-state index < -0.39 is 32.6 Å². The molecule has 0 radical (unpaired) electrons. The highest BCUT2D eigenvalue weighted by Gasteiger charge is 2.35. The number of hydrogen-bond donors (Lipinski definition) is 1. The first-order chi connectivity index (χ1) is 9.73. The highest BCUT2D eigenvalue weighted by Crippen LogP contribution is 2.28. The highest BCUT2D eigenvalue weighted by atomic mass is 32.2. The fourth-order valence-electron chi connectivity index (χ4n) is 2.31. The fourth-order valence-corrected chi connectivity index (χ4v) is 3.84. The summed E-state index contributed by atoms with van der Waals surface area (Å²) < 4.78 is 39.4. The van der Waals surface area contributed by atoms with Crippen molar-refractivity contribution in [1.29, 1.82) is 0 Å². The summed E-state index contributed by atoms with van der Waals surface area (Å²) in [6.07, 6.45) is -0.106. The molecule has 2 atom stereocenters. The largest absolute Gasteiger partial charge is 0.393 e. The molecule has 7 nitrogen and oxygen atoms in total. The Morgan fingerprint density at radius 2 is 2.19 bits per heavy atom. The summed E-state index contributed by atoms with van der Waals surface area (Å²) >= 11 is 0. The summed E-state index contributed by atoms with van der Waals surface area (Å²) in [6, 6.07) is 2.51. The molecule has 1 aromatic rings. The van der Waals surface area contributed by atoms with Crippen LogP contribution in [0.25, 0.3) is 0 Å². The molecule has 1 saturated heterocycles. The van der Waals surface area contributed by atoms with Crippen LogP contribution in [0.5, 0.6) is 0 Å². The molecule has 9 heteroatoms. The second-order valence-electron chi connectivity index (χ2n) is 5.02. The molecular formula is C12H15FN2O5S. The molecule has 2 rings (SSSR count). The molecule has 0 spiro atoms. The van der Waals surface area contributed by atoms with Gasteiger partial charge in [-0.3, -0.25) is 10.1 Å². The van der Waals surface area contributed by atoms with Crippen molar-refractivity contribution in [3.05, 3.63) is 34.1 Å². The van der Waals surface area contributed by atoms with Crippen molar-refractivity contribution < 1.29 is 22.8 Å². The van der Waals surface area contributed by atoms with Crippen molar-refractivity contribution in [3.8, 4) is 0 Å². The molecule has 1 aliphatic rings. The van der Waals surface area contributed by atoms with Crippen LogP contribution in [-0.4, -0.2) is 41.9 Å². The van der Waals surface area contributed by atoms with Crippen LogP contribution in [0.4, 0.5) is 10.1 Å². The number of hydrogen-bond acceptors (Lipinski definition) is 5. The quantitative estimate of drug-likeness (QED) is 0.662. The minimum atomic E-state index is -3.91. The van der Waals surface area contributed by atoms with E-state index in [0.29, 0.717) is 12.5 Å². The summed E-state index contributed by atoms with van der Waals surface area (Å²) in [5.41, 5.74) is -0.766. The molecule has 21 heavy (non-hydrogen) atoms. The van der Waals surface area contributed by atoms with Gasteiger partial charge in [0.1, 0.15) is 0 Å². The Morgan fingerprint density at radius 1 is 1.52 bits per heavy atom. The zero-order valence-corrected chi connectivity index (χ0v) is 12.1. The molecule has 0 saturated carbocycles. The Kier molecular flexibility index (Phi) is 4.26. The van der Waals surface area contributed by atoms with Crippen LogP contribution < -0.4 is 0 Å². The maximum absolute atomic E-state index is 13.6. The molecule has 0 amide bonds. The van der Waals surface area contributed by atoms with Gasteiger partial charge in [-0.15, -0.1) is 0 Å². The van der Waals surface area contributed by atoms with Crippen LogP contribution in [0, 0.1) is 21.8 Å². The Morgan fingerprint density at radius 3 is 2.67 bits per heavy atom. The van der Waals surface area contributed by atoms with Crippen LogP contribution >= 0.6 is 0 Å². The number of nitrogens with zero attached hydrogens (tertiary/aromatic N) is 2. The number of nitro benzene ring substituents is 1. The van der Waals surface area contributed by atoms with E-state index in [0.717, 1.165) is 16.4 Å². The van der Waals surface area contributed by atoms with Gasteiger partial charge in [-0.1, -0.05) is 0 Å². The van der Waals surface area contributed by atoms with Crippen molar-refractivity contribution in [2.45, 2.75) is 24.3 Å². The molecule has 0 bridgehead atoms. The van der Waals surface area contributed by atoms with Gasteiger partial charge in [0.2, 0.25) is 15.8 Å². The topological polar surface area (TPSA) is 101 Å². The van der Waals surface area contributed by atoms with Crippen molar-refractivity contribution in [1.82, 2.24) is 4.31 Å². The summed E-state index contributed by atoms with van der Waals surface area (Å²) in [5, 5.41) is 20.0. The molecule has 116 valence electrons. The molecule has 0 aliphatic carbocycles. The van der Waals surface area contributed by atoms with Gasteiger partial charge < -0.3 is 5.11 Å². The van der Waals surface area contributed by atoms with Gasteiger partial charge in [0.15, 0.2) is 0 Å². The number of benzene rings is 1. The number of rotatable bonds is 4. The van der Waals surface area contributed by atoms with E-state index in [1.54, 1.807) is 6.92 Å². The lowest BCUT2D eigenvalue weighted by Gasteiger charge is -2.17. The monoisotopic (exact) mass is 318 g/mol. The highest BCUT2D eigenvalue weighted by molar-refractivity contribution is 7.89.